The van der Waals surface area contributed by atoms with Gasteiger partial charge in [-0.1, -0.05) is 70.7 Å². The molecular weight excluding hydrogens is 557 g/mol. The van der Waals surface area contributed by atoms with Crippen LogP contribution in [0, 0.1) is 6.92 Å². The molecule has 0 saturated heterocycles. The van der Waals surface area contributed by atoms with Crippen molar-refractivity contribution in [2.24, 2.45) is 0 Å². The average molecular weight is 583 g/mol. The molecule has 0 spiro atoms. The van der Waals surface area contributed by atoms with Crippen molar-refractivity contribution in [2.45, 2.75) is 31.3 Å². The van der Waals surface area contributed by atoms with E-state index in [1.54, 1.807) is 49.4 Å². The summed E-state index contributed by atoms with van der Waals surface area (Å²) in [5, 5.41) is 3.11. The van der Waals surface area contributed by atoms with E-state index in [0.29, 0.717) is 10.6 Å². The van der Waals surface area contributed by atoms with Crippen LogP contribution >= 0.6 is 34.8 Å². The van der Waals surface area contributed by atoms with E-state index in [0.717, 1.165) is 9.87 Å². The lowest BCUT2D eigenvalue weighted by Crippen LogP contribution is -2.50. The molecule has 7 nitrogen and oxygen atoms in total. The van der Waals surface area contributed by atoms with Gasteiger partial charge >= 0.3 is 0 Å². The lowest BCUT2D eigenvalue weighted by Gasteiger charge is -2.32. The van der Waals surface area contributed by atoms with Crippen molar-refractivity contribution in [3.8, 4) is 0 Å². The Balaban J connectivity index is 2.08. The molecule has 0 heterocycles. The first-order chi connectivity index (χ1) is 17.4. The zero-order valence-corrected chi connectivity index (χ0v) is 23.5. The van der Waals surface area contributed by atoms with Gasteiger partial charge in [-0.3, -0.25) is 13.9 Å². The summed E-state index contributed by atoms with van der Waals surface area (Å²) in [6.45, 7) is 2.79. The van der Waals surface area contributed by atoms with E-state index < -0.39 is 34.4 Å². The summed E-state index contributed by atoms with van der Waals surface area (Å²) in [6.07, 6.45) is 0. The highest BCUT2D eigenvalue weighted by molar-refractivity contribution is 7.92. The van der Waals surface area contributed by atoms with E-state index in [-0.39, 0.29) is 27.2 Å². The molecule has 196 valence electrons. The Kier molecular flexibility index (Phi) is 9.47. The molecule has 0 fully saturated rings. The maximum atomic E-state index is 13.8. The van der Waals surface area contributed by atoms with Crippen molar-refractivity contribution in [1.29, 1.82) is 0 Å². The number of aryl methyl sites for hydroxylation is 1. The molecule has 11 heteroatoms. The van der Waals surface area contributed by atoms with Crippen LogP contribution in [0.15, 0.2) is 71.6 Å². The summed E-state index contributed by atoms with van der Waals surface area (Å²) >= 11 is 18.7. The predicted molar refractivity (Wildman–Crippen MR) is 148 cm³/mol. The van der Waals surface area contributed by atoms with Gasteiger partial charge in [0, 0.05) is 18.6 Å². The monoisotopic (exact) mass is 581 g/mol. The molecule has 2 amide bonds. The number of carbonyl (C=O) groups excluding carboxylic acids is 2. The SMILES string of the molecule is CNC(=O)C(C)N(Cc1cccc(Cl)c1)C(=O)CN(c1cccc(Cl)c1Cl)S(=O)(=O)c1ccc(C)cc1. The summed E-state index contributed by atoms with van der Waals surface area (Å²) in [5.74, 6) is -1.04. The minimum atomic E-state index is -4.25. The molecule has 0 aliphatic carbocycles. The Bertz CT molecular complexity index is 1400. The normalized spacial score (nSPS) is 12.1. The number of hydrogen-bond donors (Lipinski definition) is 1. The lowest BCUT2D eigenvalue weighted by atomic mass is 10.1. The largest absolute Gasteiger partial charge is 0.357 e. The standard InChI is InChI=1S/C26H26Cl3N3O4S/c1-17-10-12-21(13-11-17)37(35,36)32(23-9-5-8-22(28)25(23)29)16-24(33)31(18(2)26(34)30-3)15-19-6-4-7-20(27)14-19/h4-14,18H,15-16H2,1-3H3,(H,30,34). The molecule has 0 bridgehead atoms. The van der Waals surface area contributed by atoms with Gasteiger partial charge in [-0.2, -0.15) is 0 Å². The van der Waals surface area contributed by atoms with Gasteiger partial charge in [0.15, 0.2) is 0 Å². The maximum absolute atomic E-state index is 13.8. The quantitative estimate of drug-likeness (QED) is 0.370. The molecule has 1 unspecified atom stereocenters. The van der Waals surface area contributed by atoms with Gasteiger partial charge in [0.1, 0.15) is 12.6 Å². The molecule has 3 rings (SSSR count). The summed E-state index contributed by atoms with van der Waals surface area (Å²) in [6, 6.07) is 16.7. The van der Waals surface area contributed by atoms with Crippen LogP contribution in [0.4, 0.5) is 5.69 Å². The zero-order valence-electron chi connectivity index (χ0n) is 20.4. The Morgan fingerprint density at radius 3 is 2.24 bits per heavy atom. The smallest absolute Gasteiger partial charge is 0.264 e. The Hall–Kier alpha value is -2.78. The highest BCUT2D eigenvalue weighted by atomic mass is 35.5. The Labute approximate surface area is 232 Å². The number of likely N-dealkylation sites (N-methyl/N-ethyl adjacent to an activating group) is 1. The number of nitrogens with zero attached hydrogens (tertiary/aromatic N) is 2. The molecule has 1 atom stereocenters. The first-order valence-corrected chi connectivity index (χ1v) is 13.8. The number of halogens is 3. The number of sulfonamides is 1. The van der Waals surface area contributed by atoms with Gasteiger partial charge < -0.3 is 10.2 Å². The van der Waals surface area contributed by atoms with E-state index in [1.165, 1.54) is 36.2 Å². The van der Waals surface area contributed by atoms with Gasteiger partial charge in [-0.05, 0) is 55.8 Å². The van der Waals surface area contributed by atoms with Gasteiger partial charge in [0.05, 0.1) is 20.6 Å². The van der Waals surface area contributed by atoms with Crippen LogP contribution in [0.5, 0.6) is 0 Å². The highest BCUT2D eigenvalue weighted by Gasteiger charge is 2.33. The fraction of sp³-hybridized carbons (Fsp3) is 0.231. The van der Waals surface area contributed by atoms with Crippen molar-refractivity contribution in [3.63, 3.8) is 0 Å². The lowest BCUT2D eigenvalue weighted by molar-refractivity contribution is -0.139. The number of rotatable bonds is 9. The first kappa shape index (κ1) is 28.8. The molecule has 37 heavy (non-hydrogen) atoms. The Morgan fingerprint density at radius 1 is 0.973 bits per heavy atom. The number of carbonyl (C=O) groups is 2. The predicted octanol–water partition coefficient (Wildman–Crippen LogP) is 5.31. The second-order valence-corrected chi connectivity index (χ2v) is 11.4. The molecule has 0 radical (unpaired) electrons. The van der Waals surface area contributed by atoms with Crippen molar-refractivity contribution in [2.75, 3.05) is 17.9 Å². The van der Waals surface area contributed by atoms with E-state index >= 15 is 0 Å². The molecule has 0 aromatic heterocycles. The second-order valence-electron chi connectivity index (χ2n) is 8.34. The molecular formula is C26H26Cl3N3O4S. The second kappa shape index (κ2) is 12.2. The number of nitrogens with one attached hydrogen (secondary N) is 1. The van der Waals surface area contributed by atoms with Gasteiger partial charge in [0.2, 0.25) is 11.8 Å². The zero-order chi connectivity index (χ0) is 27.3. The number of anilines is 1. The first-order valence-electron chi connectivity index (χ1n) is 11.2. The molecule has 1 N–H and O–H groups in total. The topological polar surface area (TPSA) is 86.8 Å². The molecule has 3 aromatic rings. The van der Waals surface area contributed by atoms with E-state index in [1.807, 2.05) is 6.92 Å². The van der Waals surface area contributed by atoms with Crippen molar-refractivity contribution in [3.05, 3.63) is 92.9 Å². The third-order valence-electron chi connectivity index (χ3n) is 5.74. The fourth-order valence-electron chi connectivity index (χ4n) is 3.66. The summed E-state index contributed by atoms with van der Waals surface area (Å²) in [7, 11) is -2.79. The molecule has 3 aromatic carbocycles. The van der Waals surface area contributed by atoms with Crippen LogP contribution in [0.25, 0.3) is 0 Å². The molecule has 0 aliphatic heterocycles. The van der Waals surface area contributed by atoms with E-state index in [9.17, 15) is 18.0 Å². The average Bonchev–Trinajstić information content (AvgIpc) is 2.87. The van der Waals surface area contributed by atoms with Crippen molar-refractivity contribution in [1.82, 2.24) is 10.2 Å². The molecule has 0 saturated carbocycles. The van der Waals surface area contributed by atoms with Crippen LogP contribution in [0.2, 0.25) is 15.1 Å². The number of benzene rings is 3. The molecule has 0 aliphatic rings. The summed E-state index contributed by atoms with van der Waals surface area (Å²) in [4.78, 5) is 27.5. The van der Waals surface area contributed by atoms with Crippen molar-refractivity contribution >= 4 is 62.3 Å². The van der Waals surface area contributed by atoms with Crippen LogP contribution in [-0.2, 0) is 26.2 Å². The Morgan fingerprint density at radius 2 is 1.62 bits per heavy atom. The minimum absolute atomic E-state index is 0.0200. The van der Waals surface area contributed by atoms with Crippen LogP contribution < -0.4 is 9.62 Å². The van der Waals surface area contributed by atoms with Crippen molar-refractivity contribution < 1.29 is 18.0 Å². The summed E-state index contributed by atoms with van der Waals surface area (Å²) < 4.78 is 28.5. The fourth-order valence-corrected chi connectivity index (χ4v) is 5.75. The van der Waals surface area contributed by atoms with Gasteiger partial charge in [-0.25, -0.2) is 8.42 Å². The highest BCUT2D eigenvalue weighted by Crippen LogP contribution is 2.35. The van der Waals surface area contributed by atoms with Crippen LogP contribution in [-0.4, -0.2) is 44.8 Å². The number of amides is 2. The third-order valence-corrected chi connectivity index (χ3v) is 8.56. The van der Waals surface area contributed by atoms with Gasteiger partial charge in [-0.15, -0.1) is 0 Å². The summed E-state index contributed by atoms with van der Waals surface area (Å²) in [5.41, 5.74) is 1.58. The van der Waals surface area contributed by atoms with E-state index in [4.69, 9.17) is 34.8 Å². The third kappa shape index (κ3) is 6.76. The van der Waals surface area contributed by atoms with Crippen LogP contribution in [0.1, 0.15) is 18.1 Å². The minimum Gasteiger partial charge on any atom is -0.357 e. The van der Waals surface area contributed by atoms with E-state index in [2.05, 4.69) is 5.32 Å². The van der Waals surface area contributed by atoms with Gasteiger partial charge in [0.25, 0.3) is 10.0 Å². The number of hydrogen-bond acceptors (Lipinski definition) is 4. The maximum Gasteiger partial charge on any atom is 0.264 e. The van der Waals surface area contributed by atoms with Crippen LogP contribution in [0.3, 0.4) is 0 Å².